The molecule has 230 valence electrons. The van der Waals surface area contributed by atoms with E-state index in [4.69, 9.17) is 27.7 Å². The molecule has 2 aromatic carbocycles. The Morgan fingerprint density at radius 1 is 1.09 bits per heavy atom. The van der Waals surface area contributed by atoms with Gasteiger partial charge in [-0.1, -0.05) is 45.8 Å². The SMILES string of the molecule is O=C(NS(=O)(=O)C1CC1)c1cc(F)c2nc(N3C4CC(NCc5c(-c6c(Cl)cccc6Cl)noc5C5CC5)CC3C4)sc2c1. The van der Waals surface area contributed by atoms with Crippen LogP contribution in [-0.4, -0.2) is 47.8 Å². The summed E-state index contributed by atoms with van der Waals surface area (Å²) in [5.41, 5.74) is 2.54. The van der Waals surface area contributed by atoms with Gasteiger partial charge in [-0.05, 0) is 69.2 Å². The number of nitrogens with zero attached hydrogens (tertiary/aromatic N) is 3. The largest absolute Gasteiger partial charge is 0.360 e. The summed E-state index contributed by atoms with van der Waals surface area (Å²) >= 11 is 14.4. The number of hydrogen-bond donors (Lipinski definition) is 2. The van der Waals surface area contributed by atoms with Gasteiger partial charge >= 0.3 is 0 Å². The lowest BCUT2D eigenvalue weighted by Gasteiger charge is -2.55. The van der Waals surface area contributed by atoms with E-state index in [9.17, 15) is 13.2 Å². The van der Waals surface area contributed by atoms with E-state index in [-0.39, 0.29) is 29.2 Å². The number of carbonyl (C=O) groups is 1. The van der Waals surface area contributed by atoms with Gasteiger partial charge in [0.1, 0.15) is 17.0 Å². The van der Waals surface area contributed by atoms with Crippen molar-refractivity contribution in [2.75, 3.05) is 4.90 Å². The Bertz CT molecular complexity index is 1890. The molecule has 9 rings (SSSR count). The average molecular weight is 677 g/mol. The zero-order chi connectivity index (χ0) is 30.3. The van der Waals surface area contributed by atoms with Gasteiger partial charge in [0.2, 0.25) is 10.0 Å². The monoisotopic (exact) mass is 675 g/mol. The normalized spacial score (nSPS) is 23.2. The van der Waals surface area contributed by atoms with E-state index < -0.39 is 27.0 Å². The minimum atomic E-state index is -3.73. The second-order valence-corrected chi connectivity index (χ2v) is 16.0. The van der Waals surface area contributed by atoms with E-state index in [1.807, 2.05) is 6.07 Å². The lowest BCUT2D eigenvalue weighted by molar-refractivity contribution is 0.0981. The van der Waals surface area contributed by atoms with Crippen molar-refractivity contribution < 1.29 is 22.1 Å². The fourth-order valence-electron chi connectivity index (χ4n) is 6.55. The fraction of sp³-hybridized carbons (Fsp3) is 0.433. The molecule has 2 atom stereocenters. The van der Waals surface area contributed by atoms with E-state index in [2.05, 4.69) is 25.1 Å². The molecule has 2 saturated heterocycles. The van der Waals surface area contributed by atoms with Crippen LogP contribution in [0.15, 0.2) is 34.9 Å². The van der Waals surface area contributed by atoms with Crippen molar-refractivity contribution >= 4 is 65.8 Å². The maximum atomic E-state index is 15.1. The minimum Gasteiger partial charge on any atom is -0.360 e. The number of halogens is 3. The molecule has 14 heteroatoms. The van der Waals surface area contributed by atoms with Crippen LogP contribution in [0.25, 0.3) is 21.5 Å². The van der Waals surface area contributed by atoms with Gasteiger partial charge in [0.05, 0.1) is 20.0 Å². The molecular formula is C30H28Cl2FN5O4S2. The molecule has 0 spiro atoms. The quantitative estimate of drug-likeness (QED) is 0.209. The molecule has 3 aliphatic carbocycles. The third-order valence-corrected chi connectivity index (χ3v) is 12.6. The van der Waals surface area contributed by atoms with Gasteiger partial charge in [-0.25, -0.2) is 22.5 Å². The van der Waals surface area contributed by atoms with Gasteiger partial charge in [0, 0.05) is 47.3 Å². The Hall–Kier alpha value is -2.77. The number of carbonyl (C=O) groups excluding carboxylic acids is 1. The van der Waals surface area contributed by atoms with Crippen LogP contribution in [0.1, 0.15) is 72.5 Å². The molecule has 0 radical (unpaired) electrons. The van der Waals surface area contributed by atoms with E-state index in [1.165, 1.54) is 17.4 Å². The zero-order valence-corrected chi connectivity index (χ0v) is 26.5. The first-order valence-corrected chi connectivity index (χ1v) is 17.9. The summed E-state index contributed by atoms with van der Waals surface area (Å²) in [5, 5.41) is 9.37. The lowest BCUT2D eigenvalue weighted by Crippen LogP contribution is -2.64. The number of nitrogens with one attached hydrogen (secondary N) is 2. The van der Waals surface area contributed by atoms with Gasteiger partial charge in [0.15, 0.2) is 10.9 Å². The summed E-state index contributed by atoms with van der Waals surface area (Å²) in [7, 11) is -3.73. The highest BCUT2D eigenvalue weighted by atomic mass is 35.5. The first-order valence-electron chi connectivity index (χ1n) is 14.8. The van der Waals surface area contributed by atoms with Gasteiger partial charge in [-0.2, -0.15) is 0 Å². The van der Waals surface area contributed by atoms with Crippen LogP contribution in [0.4, 0.5) is 9.52 Å². The number of hydrogen-bond acceptors (Lipinski definition) is 9. The molecule has 2 aromatic heterocycles. The predicted molar refractivity (Wildman–Crippen MR) is 167 cm³/mol. The summed E-state index contributed by atoms with van der Waals surface area (Å²) in [4.78, 5) is 19.5. The number of sulfonamides is 1. The van der Waals surface area contributed by atoms with Crippen molar-refractivity contribution in [3.05, 3.63) is 63.1 Å². The second kappa shape index (κ2) is 10.7. The molecule has 2 aliphatic heterocycles. The Kier molecular flexibility index (Phi) is 6.95. The number of aromatic nitrogens is 2. The average Bonchev–Trinajstić information content (AvgIpc) is 3.91. The third-order valence-electron chi connectivity index (χ3n) is 9.10. The van der Waals surface area contributed by atoms with Crippen molar-refractivity contribution in [2.45, 2.75) is 80.8 Å². The summed E-state index contributed by atoms with van der Waals surface area (Å²) in [6.07, 6.45) is 6.04. The van der Waals surface area contributed by atoms with Crippen molar-refractivity contribution in [3.8, 4) is 11.3 Å². The smallest absolute Gasteiger partial charge is 0.264 e. The second-order valence-electron chi connectivity index (χ2n) is 12.2. The van der Waals surface area contributed by atoms with E-state index in [1.54, 1.807) is 12.1 Å². The van der Waals surface area contributed by atoms with E-state index in [0.29, 0.717) is 56.4 Å². The van der Waals surface area contributed by atoms with Crippen LogP contribution in [0.2, 0.25) is 10.0 Å². The molecule has 5 aliphatic rings. The van der Waals surface area contributed by atoms with Crippen LogP contribution < -0.4 is 14.9 Å². The first kappa shape index (κ1) is 28.7. The van der Waals surface area contributed by atoms with Crippen molar-refractivity contribution in [2.24, 2.45) is 0 Å². The number of amides is 1. The molecule has 4 aromatic rings. The predicted octanol–water partition coefficient (Wildman–Crippen LogP) is 6.40. The van der Waals surface area contributed by atoms with Crippen LogP contribution >= 0.6 is 34.5 Å². The molecule has 3 saturated carbocycles. The number of anilines is 1. The molecule has 44 heavy (non-hydrogen) atoms. The Morgan fingerprint density at radius 3 is 2.50 bits per heavy atom. The van der Waals surface area contributed by atoms with Crippen LogP contribution in [0.3, 0.4) is 0 Å². The van der Waals surface area contributed by atoms with Gasteiger partial charge in [0.25, 0.3) is 5.91 Å². The highest BCUT2D eigenvalue weighted by Gasteiger charge is 2.47. The molecular weight excluding hydrogens is 648 g/mol. The molecule has 2 unspecified atom stereocenters. The van der Waals surface area contributed by atoms with Crippen molar-refractivity contribution in [3.63, 3.8) is 0 Å². The summed E-state index contributed by atoms with van der Waals surface area (Å²) in [5.74, 6) is -0.183. The molecule has 4 heterocycles. The maximum absolute atomic E-state index is 15.1. The Morgan fingerprint density at radius 2 is 1.82 bits per heavy atom. The molecule has 1 amide bonds. The van der Waals surface area contributed by atoms with Crippen molar-refractivity contribution in [1.82, 2.24) is 20.2 Å². The summed E-state index contributed by atoms with van der Waals surface area (Å²) < 4.78 is 47.9. The zero-order valence-electron chi connectivity index (χ0n) is 23.4. The molecule has 2 bridgehead atoms. The molecule has 2 N–H and O–H groups in total. The third kappa shape index (κ3) is 5.08. The number of piperidine rings is 1. The summed E-state index contributed by atoms with van der Waals surface area (Å²) in [6, 6.07) is 8.78. The van der Waals surface area contributed by atoms with Crippen LogP contribution in [0, 0.1) is 5.82 Å². The van der Waals surface area contributed by atoms with Crippen LogP contribution in [-0.2, 0) is 16.6 Å². The number of rotatable bonds is 9. The van der Waals surface area contributed by atoms with Gasteiger partial charge in [-0.3, -0.25) is 4.79 Å². The maximum Gasteiger partial charge on any atom is 0.264 e. The number of thiazole rings is 1. The number of benzene rings is 2. The summed E-state index contributed by atoms with van der Waals surface area (Å²) in [6.45, 7) is 0.587. The highest BCUT2D eigenvalue weighted by molar-refractivity contribution is 7.91. The molecule has 5 fully saturated rings. The van der Waals surface area contributed by atoms with Crippen LogP contribution in [0.5, 0.6) is 0 Å². The van der Waals surface area contributed by atoms with E-state index in [0.717, 1.165) is 49.5 Å². The fourth-order valence-corrected chi connectivity index (χ4v) is 9.59. The standard InChI is InChI=1S/C30H28Cl2FN5O4S2/c31-21-2-1-3-22(32)25(21)26-20(28(42-36-26)14-4-5-14)13-34-16-10-17-12-18(11-16)38(17)30-35-27-23(33)8-15(9-24(27)43-30)29(39)37-44(40,41)19-6-7-19/h1-3,8-9,14,16-19,34H,4-7,10-13H2,(H,37,39). The van der Waals surface area contributed by atoms with Gasteiger partial charge in [-0.15, -0.1) is 0 Å². The van der Waals surface area contributed by atoms with Gasteiger partial charge < -0.3 is 14.7 Å². The molecule has 9 nitrogen and oxygen atoms in total. The Labute approximate surface area is 267 Å². The first-order chi connectivity index (χ1) is 21.2. The van der Waals surface area contributed by atoms with Crippen molar-refractivity contribution in [1.29, 1.82) is 0 Å². The lowest BCUT2D eigenvalue weighted by atomic mass is 9.77. The Balaban J connectivity index is 0.971. The van der Waals surface area contributed by atoms with E-state index >= 15 is 4.39 Å². The minimum absolute atomic E-state index is 0.0285. The topological polar surface area (TPSA) is 117 Å². The highest BCUT2D eigenvalue weighted by Crippen LogP contribution is 2.47. The number of fused-ring (bicyclic) bond motifs is 3.